The van der Waals surface area contributed by atoms with Crippen LogP contribution in [0.2, 0.25) is 0 Å². The number of hydrogen-bond donors (Lipinski definition) is 1. The Morgan fingerprint density at radius 2 is 2.06 bits per heavy atom. The van der Waals surface area contributed by atoms with Crippen molar-refractivity contribution in [3.63, 3.8) is 0 Å². The molecule has 1 amide bonds. The van der Waals surface area contributed by atoms with E-state index in [0.29, 0.717) is 10.7 Å². The molecule has 1 aliphatic rings. The summed E-state index contributed by atoms with van der Waals surface area (Å²) in [6.45, 7) is 3.50. The van der Waals surface area contributed by atoms with Gasteiger partial charge in [-0.2, -0.15) is 0 Å². The van der Waals surface area contributed by atoms with Gasteiger partial charge in [-0.3, -0.25) is 9.59 Å². The number of ketones is 1. The Hall–Kier alpha value is -1.62. The van der Waals surface area contributed by atoms with E-state index in [1.54, 1.807) is 24.3 Å². The second kappa shape index (κ2) is 5.35. The molecule has 1 aliphatic heterocycles. The fourth-order valence-corrected chi connectivity index (χ4v) is 2.53. The summed E-state index contributed by atoms with van der Waals surface area (Å²) < 4.78 is 0. The number of carbonyl (C=O) groups is 2. The summed E-state index contributed by atoms with van der Waals surface area (Å²) in [5.74, 6) is 0.0467. The van der Waals surface area contributed by atoms with Crippen LogP contribution in [0.4, 0.5) is 5.69 Å². The van der Waals surface area contributed by atoms with Gasteiger partial charge in [0, 0.05) is 5.56 Å². The molecule has 1 fully saturated rings. The van der Waals surface area contributed by atoms with E-state index in [0.717, 1.165) is 12.1 Å². The van der Waals surface area contributed by atoms with Gasteiger partial charge in [-0.25, -0.2) is 4.99 Å². The molecule has 5 heteroatoms. The average Bonchev–Trinajstić information content (AvgIpc) is 2.70. The topological polar surface area (TPSA) is 58.5 Å². The Kier molecular flexibility index (Phi) is 3.81. The molecule has 1 aromatic carbocycles. The maximum absolute atomic E-state index is 11.5. The number of benzene rings is 1. The van der Waals surface area contributed by atoms with Crippen LogP contribution in [-0.2, 0) is 4.79 Å². The minimum atomic E-state index is -0.0414. The normalized spacial score (nSPS) is 21.1. The van der Waals surface area contributed by atoms with Gasteiger partial charge in [-0.05, 0) is 37.6 Å². The molecule has 0 aliphatic carbocycles. The van der Waals surface area contributed by atoms with Crippen molar-refractivity contribution in [2.45, 2.75) is 25.5 Å². The van der Waals surface area contributed by atoms with Crippen LogP contribution < -0.4 is 5.32 Å². The maximum Gasteiger partial charge on any atom is 0.239 e. The Bertz CT molecular complexity index is 508. The van der Waals surface area contributed by atoms with E-state index >= 15 is 0 Å². The van der Waals surface area contributed by atoms with Gasteiger partial charge in [0.05, 0.1) is 10.9 Å². The first-order valence-electron chi connectivity index (χ1n) is 5.77. The monoisotopic (exact) mass is 262 g/mol. The molecule has 1 unspecified atom stereocenters. The molecule has 1 N–H and O–H groups in total. The first-order valence-corrected chi connectivity index (χ1v) is 6.65. The molecule has 1 heterocycles. The van der Waals surface area contributed by atoms with Gasteiger partial charge in [0.25, 0.3) is 0 Å². The molecule has 0 aromatic heterocycles. The first-order chi connectivity index (χ1) is 8.60. The van der Waals surface area contributed by atoms with Gasteiger partial charge >= 0.3 is 0 Å². The first kappa shape index (κ1) is 12.8. The van der Waals surface area contributed by atoms with Crippen molar-refractivity contribution in [2.75, 3.05) is 0 Å². The van der Waals surface area contributed by atoms with E-state index in [-0.39, 0.29) is 16.9 Å². The number of amidine groups is 1. The molecule has 1 atom stereocenters. The summed E-state index contributed by atoms with van der Waals surface area (Å²) in [4.78, 5) is 27.0. The van der Waals surface area contributed by atoms with Crippen LogP contribution in [0.5, 0.6) is 0 Å². The number of thioether (sulfide) groups is 1. The van der Waals surface area contributed by atoms with Gasteiger partial charge in [-0.15, -0.1) is 0 Å². The molecule has 0 saturated carbocycles. The van der Waals surface area contributed by atoms with Crippen molar-refractivity contribution >= 4 is 34.3 Å². The second-order valence-corrected chi connectivity index (χ2v) is 5.22. The summed E-state index contributed by atoms with van der Waals surface area (Å²) in [5, 5.41) is 3.33. The van der Waals surface area contributed by atoms with Crippen LogP contribution in [0.25, 0.3) is 0 Å². The number of hydrogen-bond acceptors (Lipinski definition) is 4. The van der Waals surface area contributed by atoms with E-state index in [1.807, 2.05) is 6.92 Å². The third-order valence-corrected chi connectivity index (χ3v) is 3.90. The molecule has 1 aromatic rings. The highest BCUT2D eigenvalue weighted by Crippen LogP contribution is 2.24. The Balaban J connectivity index is 2.14. The minimum absolute atomic E-state index is 0.0154. The molecule has 0 bridgehead atoms. The zero-order valence-electron chi connectivity index (χ0n) is 10.3. The average molecular weight is 262 g/mol. The van der Waals surface area contributed by atoms with Crippen molar-refractivity contribution < 1.29 is 9.59 Å². The number of Topliss-reactive ketones (excluding diaryl/α,β-unsaturated/α-hetero) is 1. The van der Waals surface area contributed by atoms with Crippen molar-refractivity contribution in [3.05, 3.63) is 29.8 Å². The number of carbonyl (C=O) groups excluding carboxylic acids is 2. The molecule has 4 nitrogen and oxygen atoms in total. The smallest absolute Gasteiger partial charge is 0.239 e. The maximum atomic E-state index is 11.5. The Morgan fingerprint density at radius 3 is 2.56 bits per heavy atom. The molecule has 1 saturated heterocycles. The van der Waals surface area contributed by atoms with Gasteiger partial charge < -0.3 is 5.32 Å². The lowest BCUT2D eigenvalue weighted by Crippen LogP contribution is -2.24. The standard InChI is InChI=1S/C13H14N2O2S/c1-3-11-12(17)15-13(18-11)14-10-6-4-9(5-7-10)8(2)16/h4-7,11H,3H2,1-2H3,(H,14,15,17). The summed E-state index contributed by atoms with van der Waals surface area (Å²) in [6, 6.07) is 7.02. The van der Waals surface area contributed by atoms with Crippen molar-refractivity contribution in [1.82, 2.24) is 5.32 Å². The van der Waals surface area contributed by atoms with E-state index in [2.05, 4.69) is 10.3 Å². The Labute approximate surface area is 110 Å². The second-order valence-electron chi connectivity index (χ2n) is 4.02. The number of amides is 1. The predicted molar refractivity (Wildman–Crippen MR) is 73.4 cm³/mol. The zero-order chi connectivity index (χ0) is 13.1. The van der Waals surface area contributed by atoms with Crippen LogP contribution in [0.3, 0.4) is 0 Å². The highest BCUT2D eigenvalue weighted by Gasteiger charge is 2.28. The van der Waals surface area contributed by atoms with E-state index in [9.17, 15) is 9.59 Å². The molecule has 0 radical (unpaired) electrons. The highest BCUT2D eigenvalue weighted by molar-refractivity contribution is 8.15. The summed E-state index contributed by atoms with van der Waals surface area (Å²) in [6.07, 6.45) is 0.790. The SMILES string of the molecule is CCC1SC(=Nc2ccc(C(C)=O)cc2)NC1=O. The highest BCUT2D eigenvalue weighted by atomic mass is 32.2. The number of nitrogens with one attached hydrogen (secondary N) is 1. The third-order valence-electron chi connectivity index (χ3n) is 2.65. The van der Waals surface area contributed by atoms with Gasteiger partial charge in [0.2, 0.25) is 5.91 Å². The fourth-order valence-electron chi connectivity index (χ4n) is 1.61. The van der Waals surface area contributed by atoms with Crippen molar-refractivity contribution in [1.29, 1.82) is 0 Å². The lowest BCUT2D eigenvalue weighted by atomic mass is 10.1. The van der Waals surface area contributed by atoms with Crippen LogP contribution in [-0.4, -0.2) is 22.1 Å². The quantitative estimate of drug-likeness (QED) is 0.851. The number of rotatable bonds is 3. The summed E-state index contributed by atoms with van der Waals surface area (Å²) in [5.41, 5.74) is 1.40. The minimum Gasteiger partial charge on any atom is -0.304 e. The largest absolute Gasteiger partial charge is 0.304 e. The van der Waals surface area contributed by atoms with Gasteiger partial charge in [0.15, 0.2) is 11.0 Å². The molecular weight excluding hydrogens is 248 g/mol. The third kappa shape index (κ3) is 2.79. The van der Waals surface area contributed by atoms with E-state index in [1.165, 1.54) is 18.7 Å². The number of aliphatic imine (C=N–C) groups is 1. The lowest BCUT2D eigenvalue weighted by Gasteiger charge is -1.99. The Morgan fingerprint density at radius 1 is 1.39 bits per heavy atom. The van der Waals surface area contributed by atoms with E-state index < -0.39 is 0 Å². The fraction of sp³-hybridized carbons (Fsp3) is 0.308. The van der Waals surface area contributed by atoms with Crippen LogP contribution >= 0.6 is 11.8 Å². The van der Waals surface area contributed by atoms with Crippen LogP contribution in [0, 0.1) is 0 Å². The molecular formula is C13H14N2O2S. The zero-order valence-corrected chi connectivity index (χ0v) is 11.1. The van der Waals surface area contributed by atoms with Crippen LogP contribution in [0.15, 0.2) is 29.3 Å². The summed E-state index contributed by atoms with van der Waals surface area (Å²) in [7, 11) is 0. The number of nitrogens with zero attached hydrogens (tertiary/aromatic N) is 1. The van der Waals surface area contributed by atoms with E-state index in [4.69, 9.17) is 0 Å². The van der Waals surface area contributed by atoms with Gasteiger partial charge in [-0.1, -0.05) is 18.7 Å². The molecule has 94 valence electrons. The lowest BCUT2D eigenvalue weighted by molar-refractivity contribution is -0.118. The molecule has 2 rings (SSSR count). The van der Waals surface area contributed by atoms with Crippen molar-refractivity contribution in [3.8, 4) is 0 Å². The predicted octanol–water partition coefficient (Wildman–Crippen LogP) is 2.52. The van der Waals surface area contributed by atoms with Gasteiger partial charge in [0.1, 0.15) is 0 Å². The summed E-state index contributed by atoms with van der Waals surface area (Å²) >= 11 is 1.45. The van der Waals surface area contributed by atoms with Crippen molar-refractivity contribution in [2.24, 2.45) is 4.99 Å². The molecule has 18 heavy (non-hydrogen) atoms. The van der Waals surface area contributed by atoms with Crippen LogP contribution in [0.1, 0.15) is 30.6 Å². The molecule has 0 spiro atoms.